The van der Waals surface area contributed by atoms with Gasteiger partial charge in [0.1, 0.15) is 12.1 Å². The Morgan fingerprint density at radius 1 is 1.12 bits per heavy atom. The van der Waals surface area contributed by atoms with Crippen molar-refractivity contribution in [1.29, 1.82) is 0 Å². The lowest BCUT2D eigenvalue weighted by atomic mass is 10.0. The second-order valence-electron chi connectivity index (χ2n) is 6.99. The summed E-state index contributed by atoms with van der Waals surface area (Å²) in [5.74, 6) is 2.41. The fraction of sp³-hybridized carbons (Fsp3) is 0.529. The molecular formula is C17H22N6O. The molecule has 4 rings (SSSR count). The van der Waals surface area contributed by atoms with Crippen LogP contribution < -0.4 is 10.6 Å². The van der Waals surface area contributed by atoms with E-state index in [9.17, 15) is 4.79 Å². The summed E-state index contributed by atoms with van der Waals surface area (Å²) in [6.45, 7) is 7.17. The van der Waals surface area contributed by atoms with Crippen LogP contribution in [-0.2, 0) is 13.6 Å². The lowest BCUT2D eigenvalue weighted by Gasteiger charge is -2.22. The molecule has 0 aliphatic carbocycles. The molecular weight excluding hydrogens is 304 g/mol. The van der Waals surface area contributed by atoms with Gasteiger partial charge in [-0.2, -0.15) is 0 Å². The molecule has 4 heterocycles. The predicted octanol–water partition coefficient (Wildman–Crippen LogP) is 0.447. The van der Waals surface area contributed by atoms with Crippen LogP contribution in [0.2, 0.25) is 0 Å². The number of likely N-dealkylation sites (tertiary alicyclic amines) is 1. The average Bonchev–Trinajstić information content (AvgIpc) is 3.09. The minimum atomic E-state index is -0.201. The highest BCUT2D eigenvalue weighted by atomic mass is 16.1. The summed E-state index contributed by atoms with van der Waals surface area (Å²) in [6.07, 6.45) is 5.24. The number of aryl methyl sites for hydroxylation is 2. The summed E-state index contributed by atoms with van der Waals surface area (Å²) >= 11 is 0. The third-order valence-electron chi connectivity index (χ3n) is 5.08. The summed E-state index contributed by atoms with van der Waals surface area (Å²) < 4.78 is 1.55. The van der Waals surface area contributed by atoms with E-state index in [4.69, 9.17) is 0 Å². The molecule has 2 aromatic heterocycles. The molecule has 2 aliphatic rings. The third-order valence-corrected chi connectivity index (χ3v) is 5.08. The maximum atomic E-state index is 11.4. The van der Waals surface area contributed by atoms with Crippen LogP contribution in [0.3, 0.4) is 0 Å². The van der Waals surface area contributed by atoms with Gasteiger partial charge in [-0.1, -0.05) is 0 Å². The summed E-state index contributed by atoms with van der Waals surface area (Å²) in [5.41, 5.74) is 1.91. The highest BCUT2D eigenvalue weighted by Crippen LogP contribution is 2.33. The van der Waals surface area contributed by atoms with Gasteiger partial charge < -0.3 is 9.47 Å². The molecule has 2 aliphatic heterocycles. The average molecular weight is 326 g/mol. The molecule has 0 radical (unpaired) electrons. The Hall–Kier alpha value is -2.28. The summed E-state index contributed by atoms with van der Waals surface area (Å²) in [7, 11) is 1.75. The van der Waals surface area contributed by atoms with Crippen molar-refractivity contribution in [2.45, 2.75) is 13.5 Å². The van der Waals surface area contributed by atoms with Crippen LogP contribution in [0.4, 0.5) is 5.82 Å². The van der Waals surface area contributed by atoms with Crippen LogP contribution in [0.1, 0.15) is 11.3 Å². The number of hydrogen-bond donors (Lipinski definition) is 0. The molecule has 0 spiro atoms. The minimum absolute atomic E-state index is 0.201. The summed E-state index contributed by atoms with van der Waals surface area (Å²) in [4.78, 5) is 28.7. The normalized spacial score (nSPS) is 23.7. The van der Waals surface area contributed by atoms with Gasteiger partial charge in [-0.15, -0.1) is 0 Å². The lowest BCUT2D eigenvalue weighted by molar-refractivity contribution is 0.307. The maximum Gasteiger partial charge on any atom is 0.347 e. The molecule has 2 saturated heterocycles. The van der Waals surface area contributed by atoms with Crippen LogP contribution >= 0.6 is 0 Å². The largest absolute Gasteiger partial charge is 0.356 e. The molecule has 0 N–H and O–H groups in total. The van der Waals surface area contributed by atoms with Gasteiger partial charge in [0.15, 0.2) is 0 Å². The quantitative estimate of drug-likeness (QED) is 0.816. The lowest BCUT2D eigenvalue weighted by Crippen LogP contribution is -2.29. The fourth-order valence-corrected chi connectivity index (χ4v) is 3.93. The van der Waals surface area contributed by atoms with E-state index in [1.807, 2.05) is 13.1 Å². The second kappa shape index (κ2) is 5.98. The second-order valence-corrected chi connectivity index (χ2v) is 6.99. The Kier molecular flexibility index (Phi) is 3.80. The van der Waals surface area contributed by atoms with Gasteiger partial charge in [-0.3, -0.25) is 4.90 Å². The number of anilines is 1. The fourth-order valence-electron chi connectivity index (χ4n) is 3.93. The van der Waals surface area contributed by atoms with Crippen LogP contribution in [0, 0.1) is 18.8 Å². The Labute approximate surface area is 141 Å². The zero-order valence-corrected chi connectivity index (χ0v) is 14.1. The van der Waals surface area contributed by atoms with Gasteiger partial charge in [0.25, 0.3) is 0 Å². The molecule has 2 aromatic rings. The van der Waals surface area contributed by atoms with Crippen LogP contribution in [-0.4, -0.2) is 50.6 Å². The van der Waals surface area contributed by atoms with Crippen molar-refractivity contribution in [1.82, 2.24) is 24.4 Å². The number of nitrogens with zero attached hydrogens (tertiary/aromatic N) is 6. The molecule has 126 valence electrons. The molecule has 2 atom stereocenters. The van der Waals surface area contributed by atoms with Gasteiger partial charge in [0.2, 0.25) is 0 Å². The number of aromatic nitrogens is 4. The topological polar surface area (TPSA) is 67.2 Å². The van der Waals surface area contributed by atoms with E-state index in [-0.39, 0.29) is 5.69 Å². The van der Waals surface area contributed by atoms with Crippen LogP contribution in [0.15, 0.2) is 29.6 Å². The summed E-state index contributed by atoms with van der Waals surface area (Å²) in [5, 5.41) is 0. The number of fused-ring (bicyclic) bond motifs is 1. The smallest absolute Gasteiger partial charge is 0.347 e. The standard InChI is InChI=1S/C17H22N6O/c1-12-3-16(20-11-19-12)23-9-14-7-22(8-15(14)10-23)6-13-4-18-17(24)21(2)5-13/h3-5,11,14-15H,6-10H2,1-2H3. The molecule has 0 saturated carbocycles. The SMILES string of the molecule is Cc1cc(N2CC3CN(Cc4cnc(=O)n(C)c4)CC3C2)ncn1. The molecule has 7 nitrogen and oxygen atoms in total. The first-order valence-corrected chi connectivity index (χ1v) is 8.36. The van der Waals surface area contributed by atoms with E-state index >= 15 is 0 Å². The highest BCUT2D eigenvalue weighted by Gasteiger charge is 2.40. The predicted molar refractivity (Wildman–Crippen MR) is 90.7 cm³/mol. The highest BCUT2D eigenvalue weighted by molar-refractivity contribution is 5.40. The van der Waals surface area contributed by atoms with Gasteiger partial charge in [0.05, 0.1) is 0 Å². The van der Waals surface area contributed by atoms with Gasteiger partial charge in [-0.05, 0) is 18.8 Å². The molecule has 2 unspecified atom stereocenters. The number of rotatable bonds is 3. The zero-order chi connectivity index (χ0) is 16.7. The van der Waals surface area contributed by atoms with Gasteiger partial charge in [-0.25, -0.2) is 19.7 Å². The molecule has 0 bridgehead atoms. The van der Waals surface area contributed by atoms with Crippen molar-refractivity contribution in [3.63, 3.8) is 0 Å². The zero-order valence-electron chi connectivity index (χ0n) is 14.1. The van der Waals surface area contributed by atoms with Crippen molar-refractivity contribution >= 4 is 5.82 Å². The van der Waals surface area contributed by atoms with Crippen molar-refractivity contribution < 1.29 is 0 Å². The Bertz CT molecular complexity index is 790. The molecule has 24 heavy (non-hydrogen) atoms. The van der Waals surface area contributed by atoms with E-state index < -0.39 is 0 Å². The maximum absolute atomic E-state index is 11.4. The Morgan fingerprint density at radius 2 is 1.88 bits per heavy atom. The van der Waals surface area contributed by atoms with Crippen molar-refractivity contribution in [3.8, 4) is 0 Å². The first kappa shape index (κ1) is 15.3. The van der Waals surface area contributed by atoms with Crippen molar-refractivity contribution in [2.24, 2.45) is 18.9 Å². The molecule has 2 fully saturated rings. The summed E-state index contributed by atoms with van der Waals surface area (Å²) in [6, 6.07) is 2.06. The molecule has 7 heteroatoms. The Morgan fingerprint density at radius 3 is 2.54 bits per heavy atom. The Balaban J connectivity index is 1.39. The first-order chi connectivity index (χ1) is 11.6. The van der Waals surface area contributed by atoms with E-state index in [2.05, 4.69) is 30.8 Å². The van der Waals surface area contributed by atoms with E-state index in [0.717, 1.165) is 49.8 Å². The van der Waals surface area contributed by atoms with Crippen LogP contribution in [0.25, 0.3) is 0 Å². The first-order valence-electron chi connectivity index (χ1n) is 8.36. The monoisotopic (exact) mass is 326 g/mol. The van der Waals surface area contributed by atoms with Crippen molar-refractivity contribution in [2.75, 3.05) is 31.1 Å². The van der Waals surface area contributed by atoms with E-state index in [0.29, 0.717) is 11.8 Å². The third kappa shape index (κ3) is 2.91. The van der Waals surface area contributed by atoms with Gasteiger partial charge >= 0.3 is 5.69 Å². The van der Waals surface area contributed by atoms with E-state index in [1.54, 1.807) is 24.1 Å². The number of hydrogen-bond acceptors (Lipinski definition) is 6. The van der Waals surface area contributed by atoms with Crippen molar-refractivity contribution in [3.05, 3.63) is 46.5 Å². The van der Waals surface area contributed by atoms with Crippen LogP contribution in [0.5, 0.6) is 0 Å². The van der Waals surface area contributed by atoms with E-state index in [1.165, 1.54) is 0 Å². The molecule has 0 aromatic carbocycles. The molecule has 0 amide bonds. The van der Waals surface area contributed by atoms with Gasteiger partial charge in [0, 0.05) is 69.5 Å². The minimum Gasteiger partial charge on any atom is -0.356 e.